The van der Waals surface area contributed by atoms with Gasteiger partial charge in [0, 0.05) is 18.0 Å². The highest BCUT2D eigenvalue weighted by Crippen LogP contribution is 2.24. The van der Waals surface area contributed by atoms with Gasteiger partial charge in [0.25, 0.3) is 0 Å². The summed E-state index contributed by atoms with van der Waals surface area (Å²) in [7, 11) is 0. The molecule has 0 radical (unpaired) electrons. The quantitative estimate of drug-likeness (QED) is 0.579. The number of hydrogen-bond acceptors (Lipinski definition) is 2. The van der Waals surface area contributed by atoms with Crippen LogP contribution in [-0.4, -0.2) is 15.5 Å². The number of imidazole rings is 1. The second-order valence-corrected chi connectivity index (χ2v) is 3.47. The predicted octanol–water partition coefficient (Wildman–Crippen LogP) is 1.33. The van der Waals surface area contributed by atoms with Gasteiger partial charge in [-0.1, -0.05) is 6.92 Å². The SMILES string of the molecule is Cc1nc(C)n2c1CC(C)C2=O. The summed E-state index contributed by atoms with van der Waals surface area (Å²) >= 11 is 0. The summed E-state index contributed by atoms with van der Waals surface area (Å²) in [6.45, 7) is 5.81. The predicted molar refractivity (Wildman–Crippen MR) is 45.2 cm³/mol. The summed E-state index contributed by atoms with van der Waals surface area (Å²) in [6.07, 6.45) is 0.853. The van der Waals surface area contributed by atoms with Crippen molar-refractivity contribution in [2.24, 2.45) is 5.92 Å². The maximum atomic E-state index is 11.6. The van der Waals surface area contributed by atoms with Crippen LogP contribution in [0.3, 0.4) is 0 Å². The molecule has 64 valence electrons. The van der Waals surface area contributed by atoms with E-state index in [0.29, 0.717) is 0 Å². The lowest BCUT2D eigenvalue weighted by Gasteiger charge is -1.98. The van der Waals surface area contributed by atoms with Crippen molar-refractivity contribution in [3.8, 4) is 0 Å². The fourth-order valence-corrected chi connectivity index (χ4v) is 1.84. The molecule has 0 amide bonds. The Labute approximate surface area is 71.4 Å². The lowest BCUT2D eigenvalue weighted by atomic mass is 10.1. The minimum absolute atomic E-state index is 0.139. The average molecular weight is 164 g/mol. The van der Waals surface area contributed by atoms with E-state index in [9.17, 15) is 4.79 Å². The summed E-state index contributed by atoms with van der Waals surface area (Å²) in [5.74, 6) is 1.17. The Morgan fingerprint density at radius 3 is 2.75 bits per heavy atom. The zero-order valence-corrected chi connectivity index (χ0v) is 7.59. The van der Waals surface area contributed by atoms with Gasteiger partial charge >= 0.3 is 0 Å². The van der Waals surface area contributed by atoms with E-state index in [-0.39, 0.29) is 11.8 Å². The van der Waals surface area contributed by atoms with Crippen molar-refractivity contribution in [2.75, 3.05) is 0 Å². The molecule has 0 aromatic carbocycles. The largest absolute Gasteiger partial charge is 0.274 e. The van der Waals surface area contributed by atoms with E-state index in [4.69, 9.17) is 0 Å². The first-order valence-corrected chi connectivity index (χ1v) is 4.20. The fourth-order valence-electron chi connectivity index (χ4n) is 1.84. The number of aryl methyl sites for hydroxylation is 2. The molecule has 1 aromatic rings. The zero-order chi connectivity index (χ0) is 8.88. The number of aromatic nitrogens is 2. The molecular weight excluding hydrogens is 152 g/mol. The smallest absolute Gasteiger partial charge is 0.235 e. The highest BCUT2D eigenvalue weighted by atomic mass is 16.2. The van der Waals surface area contributed by atoms with Gasteiger partial charge in [-0.3, -0.25) is 9.36 Å². The lowest BCUT2D eigenvalue weighted by molar-refractivity contribution is 0.0872. The number of carbonyl (C=O) groups is 1. The highest BCUT2D eigenvalue weighted by molar-refractivity contribution is 5.85. The molecule has 2 rings (SSSR count). The molecule has 0 saturated carbocycles. The van der Waals surface area contributed by atoms with E-state index < -0.39 is 0 Å². The topological polar surface area (TPSA) is 34.9 Å². The van der Waals surface area contributed by atoms with Crippen LogP contribution in [0.2, 0.25) is 0 Å². The molecule has 1 atom stereocenters. The number of hydrogen-bond donors (Lipinski definition) is 0. The first-order chi connectivity index (χ1) is 5.61. The van der Waals surface area contributed by atoms with Gasteiger partial charge in [0.1, 0.15) is 5.82 Å². The third kappa shape index (κ3) is 0.763. The van der Waals surface area contributed by atoms with Gasteiger partial charge in [0.05, 0.1) is 5.69 Å². The molecule has 0 N–H and O–H groups in total. The number of fused-ring (bicyclic) bond motifs is 1. The van der Waals surface area contributed by atoms with E-state index in [0.717, 1.165) is 23.6 Å². The molecule has 3 nitrogen and oxygen atoms in total. The zero-order valence-electron chi connectivity index (χ0n) is 7.59. The monoisotopic (exact) mass is 164 g/mol. The van der Waals surface area contributed by atoms with Gasteiger partial charge in [0.2, 0.25) is 5.91 Å². The van der Waals surface area contributed by atoms with Crippen LogP contribution in [0.1, 0.15) is 28.9 Å². The van der Waals surface area contributed by atoms with Gasteiger partial charge in [0.15, 0.2) is 0 Å². The highest BCUT2D eigenvalue weighted by Gasteiger charge is 2.30. The molecule has 3 heteroatoms. The van der Waals surface area contributed by atoms with Crippen molar-refractivity contribution >= 4 is 5.91 Å². The van der Waals surface area contributed by atoms with Crippen LogP contribution in [0.15, 0.2) is 0 Å². The van der Waals surface area contributed by atoms with Crippen LogP contribution in [0, 0.1) is 19.8 Å². The molecule has 0 spiro atoms. The first-order valence-electron chi connectivity index (χ1n) is 4.20. The Hall–Kier alpha value is -1.12. The van der Waals surface area contributed by atoms with Gasteiger partial charge in [-0.05, 0) is 13.8 Å². The van der Waals surface area contributed by atoms with Crippen molar-refractivity contribution in [2.45, 2.75) is 27.2 Å². The summed E-state index contributed by atoms with van der Waals surface area (Å²) in [5.41, 5.74) is 2.11. The van der Waals surface area contributed by atoms with Crippen LogP contribution in [0.25, 0.3) is 0 Å². The van der Waals surface area contributed by atoms with Crippen molar-refractivity contribution in [1.82, 2.24) is 9.55 Å². The van der Waals surface area contributed by atoms with E-state index in [2.05, 4.69) is 4.98 Å². The minimum Gasteiger partial charge on any atom is -0.274 e. The fraction of sp³-hybridized carbons (Fsp3) is 0.556. The van der Waals surface area contributed by atoms with Crippen molar-refractivity contribution in [3.63, 3.8) is 0 Å². The molecule has 0 aliphatic carbocycles. The maximum Gasteiger partial charge on any atom is 0.235 e. The van der Waals surface area contributed by atoms with E-state index >= 15 is 0 Å². The Morgan fingerprint density at radius 1 is 1.50 bits per heavy atom. The molecule has 1 aliphatic rings. The normalized spacial score (nSPS) is 21.6. The number of rotatable bonds is 0. The van der Waals surface area contributed by atoms with Crippen LogP contribution < -0.4 is 0 Å². The Morgan fingerprint density at radius 2 is 2.17 bits per heavy atom. The van der Waals surface area contributed by atoms with Gasteiger partial charge in [-0.15, -0.1) is 0 Å². The molecule has 2 heterocycles. The summed E-state index contributed by atoms with van der Waals surface area (Å²) in [6, 6.07) is 0. The van der Waals surface area contributed by atoms with Crippen LogP contribution in [0.5, 0.6) is 0 Å². The molecule has 1 aliphatic heterocycles. The van der Waals surface area contributed by atoms with E-state index in [1.54, 1.807) is 4.57 Å². The Kier molecular flexibility index (Phi) is 1.37. The number of carbonyl (C=O) groups excluding carboxylic acids is 1. The molecule has 0 saturated heterocycles. The van der Waals surface area contributed by atoms with Crippen LogP contribution in [-0.2, 0) is 6.42 Å². The van der Waals surface area contributed by atoms with Crippen LogP contribution in [0.4, 0.5) is 0 Å². The minimum atomic E-state index is 0.139. The summed E-state index contributed by atoms with van der Waals surface area (Å²) in [4.78, 5) is 15.8. The van der Waals surface area contributed by atoms with Gasteiger partial charge in [-0.2, -0.15) is 0 Å². The summed E-state index contributed by atoms with van der Waals surface area (Å²) < 4.78 is 1.75. The Bertz CT molecular complexity index is 352. The standard InChI is InChI=1S/C9H12N2O/c1-5-4-8-6(2)10-7(3)11(8)9(5)12/h5H,4H2,1-3H3. The van der Waals surface area contributed by atoms with E-state index in [1.165, 1.54) is 0 Å². The maximum absolute atomic E-state index is 11.6. The molecule has 0 bridgehead atoms. The van der Waals surface area contributed by atoms with Gasteiger partial charge in [-0.25, -0.2) is 4.98 Å². The van der Waals surface area contributed by atoms with Gasteiger partial charge < -0.3 is 0 Å². The van der Waals surface area contributed by atoms with Crippen molar-refractivity contribution in [3.05, 3.63) is 17.2 Å². The van der Waals surface area contributed by atoms with Crippen LogP contribution >= 0.6 is 0 Å². The molecule has 1 aromatic heterocycles. The number of nitrogens with zero attached hydrogens (tertiary/aromatic N) is 2. The first kappa shape index (κ1) is 7.53. The molecule has 1 unspecified atom stereocenters. The van der Waals surface area contributed by atoms with Crippen molar-refractivity contribution < 1.29 is 4.79 Å². The van der Waals surface area contributed by atoms with Crippen molar-refractivity contribution in [1.29, 1.82) is 0 Å². The second-order valence-electron chi connectivity index (χ2n) is 3.47. The molecule has 12 heavy (non-hydrogen) atoms. The molecular formula is C9H12N2O. The molecule has 0 fully saturated rings. The third-order valence-electron chi connectivity index (χ3n) is 2.48. The lowest BCUT2D eigenvalue weighted by Crippen LogP contribution is -2.12. The third-order valence-corrected chi connectivity index (χ3v) is 2.48. The average Bonchev–Trinajstić information content (AvgIpc) is 2.41. The summed E-state index contributed by atoms with van der Waals surface area (Å²) in [5, 5.41) is 0. The Balaban J connectivity index is 2.63. The second kappa shape index (κ2) is 2.19. The van der Waals surface area contributed by atoms with E-state index in [1.807, 2.05) is 20.8 Å².